The predicted molar refractivity (Wildman–Crippen MR) is 547 cm³/mol. The van der Waals surface area contributed by atoms with E-state index >= 15 is 0 Å². The molecule has 49 heteroatoms. The van der Waals surface area contributed by atoms with E-state index in [-0.39, 0.29) is 85.2 Å². The van der Waals surface area contributed by atoms with Gasteiger partial charge in [-0.15, -0.1) is 18.2 Å². The number of fused-ring (bicyclic) bond motifs is 8. The summed E-state index contributed by atoms with van der Waals surface area (Å²) in [5, 5.41) is 76.3. The van der Waals surface area contributed by atoms with Crippen LogP contribution in [0.4, 0.5) is 38.1 Å². The quantitative estimate of drug-likeness (QED) is 0.0142. The van der Waals surface area contributed by atoms with Crippen molar-refractivity contribution in [1.29, 1.82) is 0 Å². The van der Waals surface area contributed by atoms with Crippen molar-refractivity contribution in [2.24, 2.45) is 10.3 Å². The first-order valence-corrected chi connectivity index (χ1v) is 51.2. The first-order chi connectivity index (χ1) is 70.7. The number of aromatic nitrogens is 12. The smallest absolute Gasteiger partial charge is 0.333 e. The number of aryl methyl sites for hydroxylation is 4. The van der Waals surface area contributed by atoms with Gasteiger partial charge in [0.2, 0.25) is 15.9 Å². The second kappa shape index (κ2) is 47.4. The molecule has 2 fully saturated rings. The number of ketones is 1. The number of hydrogen-bond acceptors (Lipinski definition) is 35. The van der Waals surface area contributed by atoms with Gasteiger partial charge in [0.05, 0.1) is 104 Å². The van der Waals surface area contributed by atoms with Crippen molar-refractivity contribution >= 4 is 167 Å². The topological polar surface area (TPSA) is 626 Å². The zero-order chi connectivity index (χ0) is 106. The van der Waals surface area contributed by atoms with Gasteiger partial charge in [0.15, 0.2) is 59.3 Å². The number of nitrogens with one attached hydrogen (secondary N) is 5. The van der Waals surface area contributed by atoms with E-state index in [0.717, 1.165) is 70.2 Å². The van der Waals surface area contributed by atoms with E-state index in [1.54, 1.807) is 101 Å². The van der Waals surface area contributed by atoms with Crippen molar-refractivity contribution in [2.75, 3.05) is 84.7 Å². The highest BCUT2D eigenvalue weighted by Gasteiger charge is 2.47. The molecule has 0 radical (unpaired) electrons. The number of likely N-dealkylation sites (N-methyl/N-ethyl adjacent to an activating group) is 1. The first-order valence-electron chi connectivity index (χ1n) is 46.2. The molecule has 7 aromatic carbocycles. The number of terminal acetylenes is 1. The lowest BCUT2D eigenvalue weighted by molar-refractivity contribution is -0.138. The molecule has 2 saturated heterocycles. The molecule has 5 aliphatic heterocycles. The van der Waals surface area contributed by atoms with Crippen molar-refractivity contribution in [2.45, 2.75) is 146 Å². The van der Waals surface area contributed by atoms with Gasteiger partial charge < -0.3 is 85.7 Å². The number of aliphatic carboxylic acids is 1. The largest absolute Gasteiger partial charge is 0.488 e. The molecular formula is C99H102FN21O23S4. The Hall–Kier alpha value is -15.4. The van der Waals surface area contributed by atoms with Gasteiger partial charge in [-0.05, 0) is 168 Å². The molecule has 0 unspecified atom stereocenters. The summed E-state index contributed by atoms with van der Waals surface area (Å²) in [7, 11) is -6.12. The number of halogens is 1. The lowest BCUT2D eigenvalue weighted by Crippen LogP contribution is -2.35. The van der Waals surface area contributed by atoms with Gasteiger partial charge in [0.1, 0.15) is 90.0 Å². The fraction of sp³-hybridized carbons (Fsp3) is 0.313. The number of hydrogen-bond donors (Lipinski definition) is 13. The van der Waals surface area contributed by atoms with Crippen molar-refractivity contribution < 1.29 is 103 Å². The molecule has 0 bridgehead atoms. The molecule has 12 heterocycles. The number of Topliss-reactive ketones (excluding diaryl/α,β-unsaturated/α-hetero) is 1. The molecule has 5 aliphatic rings. The van der Waals surface area contributed by atoms with E-state index in [0.29, 0.717) is 137 Å². The summed E-state index contributed by atoms with van der Waals surface area (Å²) in [6.45, 7) is 8.77. The zero-order valence-corrected chi connectivity index (χ0v) is 83.3. The molecule has 19 rings (SSSR count). The number of carboxylic acid groups (broad SMARTS) is 1. The highest BCUT2D eigenvalue weighted by molar-refractivity contribution is 8.00. The highest BCUT2D eigenvalue weighted by Crippen LogP contribution is 2.40. The number of aliphatic hydroxyl groups excluding tert-OH is 4. The van der Waals surface area contributed by atoms with Gasteiger partial charge in [0, 0.05) is 84.7 Å². The number of carbonyl (C=O) groups excluding carboxylic acids is 5. The Morgan fingerprint density at radius 2 is 1.32 bits per heavy atom. The standard InChI is InChI=1S/C24H26FN5O6S.C23H20N4O2S2.C18H18N6O6S.C18H19N3O6.C16H19N3O3/c1-13-19-14(3-4-15-16(25)5-6-17-22(15)35-9-8-29(17)2)11-30(23(19)28-12-27-13)24-21(32)20(31)18(36-24)7-10-37(26,33)34;1-14-2-4-15(5-3-14)22(29)27-23-26-19-11-8-17(12-20(19)31-23)25-21(28)13-30-18-9-6-16(24)7-10-18;1-2-10-4-3-5-11(6-10)23-16-13-17(21-8-20-16)24(9-22-13)18-15(26)14(25)12(30-18)7-29-31(19,27)28;22-11(3-6-17(24)25)9-19-16(23)10-27-12-4-5-14-13(8-12)18(26)21-7-1-2-15(21)20-14;1-10(2)17-15(20)9-22-11-5-6-13-12(8-11)16(21)19-7-3-4-14(19)18-13/h5-6,11-12,18,20-21,24,31-32H,7-10H2,1-2H3,(H2,26,33,34);2-12H,13,24H2,1H3,(H,25,28)(H,26,27,29);1,3-6,8-9,12,14-15,18,25-26H,7H2,(H2,19,27,28)(H,20,21,23);4-5,8H,1-3,6-7,9-10H2,(H,19,23)(H,24,25);5-6,8,10H,3-4,7,9H2,1-2H3,(H,17,20)/t18-,20+,21+,24+;;12-,14-,15-,18-;;/m0.1../s1. The molecule has 0 saturated carbocycles. The molecule has 0 spiro atoms. The van der Waals surface area contributed by atoms with Gasteiger partial charge in [-0.25, -0.2) is 63.0 Å². The number of nitrogens with two attached hydrogens (primary N) is 3. The summed E-state index contributed by atoms with van der Waals surface area (Å²) in [6.07, 6.45) is 4.19. The summed E-state index contributed by atoms with van der Waals surface area (Å²) in [5.41, 5.74) is 15.0. The Labute approximate surface area is 852 Å². The number of carbonyl (C=O) groups is 6. The predicted octanol–water partition coefficient (Wildman–Crippen LogP) is 6.48. The van der Waals surface area contributed by atoms with Crippen LogP contribution in [-0.4, -0.2) is 237 Å². The van der Waals surface area contributed by atoms with Gasteiger partial charge in [0.25, 0.3) is 28.8 Å². The number of amides is 4. The second-order valence-electron chi connectivity index (χ2n) is 34.8. The van der Waals surface area contributed by atoms with E-state index in [1.807, 2.05) is 87.3 Å². The molecule has 16 N–H and O–H groups in total. The van der Waals surface area contributed by atoms with Gasteiger partial charge in [-0.3, -0.25) is 61.6 Å². The minimum Gasteiger partial charge on any atom is -0.488 e. The first kappa shape index (κ1) is 107. The van der Waals surface area contributed by atoms with Crippen LogP contribution in [0, 0.1) is 43.8 Å². The monoisotopic (exact) mass is 2100 g/mol. The van der Waals surface area contributed by atoms with E-state index in [9.17, 15) is 80.0 Å². The maximum atomic E-state index is 14.8. The number of rotatable bonds is 28. The Bertz CT molecular complexity index is 7870. The number of thioether (sulfide) groups is 1. The molecule has 44 nitrogen and oxygen atoms in total. The number of carboxylic acids is 1. The maximum absolute atomic E-state index is 14.8. The van der Waals surface area contributed by atoms with Crippen molar-refractivity contribution in [1.82, 2.24) is 68.8 Å². The lowest BCUT2D eigenvalue weighted by atomic mass is 10.1. The van der Waals surface area contributed by atoms with Crippen molar-refractivity contribution in [3.8, 4) is 41.4 Å². The highest BCUT2D eigenvalue weighted by atomic mass is 32.2. The number of aliphatic hydroxyl groups is 4. The summed E-state index contributed by atoms with van der Waals surface area (Å²) in [5.74, 6) is 8.61. The van der Waals surface area contributed by atoms with Crippen molar-refractivity contribution in [3.63, 3.8) is 0 Å². The third-order valence-electron chi connectivity index (χ3n) is 23.6. The van der Waals surface area contributed by atoms with Crippen LogP contribution in [0.1, 0.15) is 108 Å². The third-order valence-corrected chi connectivity index (χ3v) is 26.8. The average Bonchev–Trinajstić information content (AvgIpc) is 1.60. The van der Waals surface area contributed by atoms with E-state index in [1.165, 1.54) is 57.3 Å². The number of benzene rings is 7. The summed E-state index contributed by atoms with van der Waals surface area (Å²) in [6, 6.07) is 40.5. The average molecular weight is 2100 g/mol. The molecule has 4 amide bonds. The van der Waals surface area contributed by atoms with E-state index in [2.05, 4.69) is 88.4 Å². The third kappa shape index (κ3) is 26.9. The number of sulfonamides is 1. The van der Waals surface area contributed by atoms with Crippen LogP contribution in [-0.2, 0) is 83.9 Å². The fourth-order valence-electron chi connectivity index (χ4n) is 16.3. The minimum absolute atomic E-state index is 0.0328. The summed E-state index contributed by atoms with van der Waals surface area (Å²) < 4.78 is 99.2. The van der Waals surface area contributed by atoms with Gasteiger partial charge >= 0.3 is 16.3 Å². The molecule has 14 aromatic rings. The zero-order valence-electron chi connectivity index (χ0n) is 80.0. The Balaban J connectivity index is 0.000000140. The Kier molecular flexibility index (Phi) is 34.3. The normalized spacial score (nSPS) is 17.4. The number of anilines is 6. The van der Waals surface area contributed by atoms with Crippen molar-refractivity contribution in [3.05, 3.63) is 236 Å². The molecular weight excluding hydrogens is 2000 g/mol. The van der Waals surface area contributed by atoms with Crippen LogP contribution >= 0.6 is 23.1 Å². The van der Waals surface area contributed by atoms with Crippen LogP contribution in [0.5, 0.6) is 17.2 Å². The van der Waals surface area contributed by atoms with Gasteiger partial charge in [-0.2, -0.15) is 8.42 Å². The maximum Gasteiger partial charge on any atom is 0.333 e. The minimum atomic E-state index is -4.23. The summed E-state index contributed by atoms with van der Waals surface area (Å²) in [4.78, 5) is 132. The number of primary sulfonamides is 1. The molecule has 8 atom stereocenters. The number of thiazole rings is 1. The fourth-order valence-corrected chi connectivity index (χ4v) is 18.7. The molecule has 772 valence electrons. The second-order valence-corrected chi connectivity index (χ2v) is 39.8. The Morgan fingerprint density at radius 3 is 1.98 bits per heavy atom. The molecule has 7 aromatic heterocycles. The lowest BCUT2D eigenvalue weighted by Gasteiger charge is -2.28. The van der Waals surface area contributed by atoms with Crippen LogP contribution in [0.3, 0.4) is 0 Å². The van der Waals surface area contributed by atoms with E-state index in [4.69, 9.17) is 51.2 Å². The number of ether oxygens (including phenoxy) is 5. The van der Waals surface area contributed by atoms with Crippen LogP contribution in [0.25, 0.3) is 54.2 Å². The van der Waals surface area contributed by atoms with Crippen LogP contribution < -0.4 is 72.8 Å². The molecule has 0 aliphatic carbocycles. The van der Waals surface area contributed by atoms with Gasteiger partial charge in [-0.1, -0.05) is 52.9 Å². The number of imidazole rings is 1. The van der Waals surface area contributed by atoms with E-state index < -0.39 is 99.5 Å². The molecule has 148 heavy (non-hydrogen) atoms. The Morgan fingerprint density at radius 1 is 0.682 bits per heavy atom. The SMILES string of the molecule is C#Cc1cccc(Nc2ncnc3c2ncn3[C@@H]2O[C@H](COS(N)(=O)=O)[C@@H](O)[C@H]2O)c1.CC(C)NC(=O)COc1ccc2nc3n(c(=O)c2c1)CCC3.Cc1ccc(C(=O)Nc2nc3ccc(NC(=O)CSc4ccc(N)cc4)cc3s2)cc1.Cc1ncnc2c1c(C#Cc1c(F)ccc3c1OCCN3C)cn2[C@@H]1O[C@@H](CCS(N)(=O)=O)[C@@H](O)[C@H]1O.O=C(O)CCC(=O)CNC(=O)COc1ccc2nc3n(c(=O)c2c1)CCC3. The number of nitrogen functional groups attached to an aromatic ring is 1. The van der Waals surface area contributed by atoms with Crippen LogP contribution in [0.15, 0.2) is 179 Å². The summed E-state index contributed by atoms with van der Waals surface area (Å²) >= 11 is 2.81. The number of nitrogens with zero attached hydrogens (tertiary/aromatic N) is 13. The van der Waals surface area contributed by atoms with Crippen LogP contribution in [0.2, 0.25) is 0 Å².